The zero-order chi connectivity index (χ0) is 9.56. The van der Waals surface area contributed by atoms with Crippen LogP contribution < -0.4 is 0 Å². The second kappa shape index (κ2) is 5.53. The molecule has 1 nitrogen and oxygen atoms in total. The smallest absolute Gasteiger partial charge is 0.0716 e. The number of hydrogen-bond donors (Lipinski definition) is 0. The van der Waals surface area contributed by atoms with Crippen LogP contribution in [0.2, 0.25) is 0 Å². The quantitative estimate of drug-likeness (QED) is 0.436. The van der Waals surface area contributed by atoms with Crippen LogP contribution >= 0.6 is 0 Å². The molecule has 0 unspecified atom stereocenters. The third-order valence-electron chi connectivity index (χ3n) is 1.77. The Morgan fingerprint density at radius 2 is 2.17 bits per heavy atom. The van der Waals surface area contributed by atoms with Gasteiger partial charge in [-0.15, -0.1) is 0 Å². The molecule has 0 aliphatic rings. The maximum Gasteiger partial charge on any atom is 0.0716 e. The maximum atomic E-state index is 3.95. The van der Waals surface area contributed by atoms with E-state index in [1.165, 1.54) is 0 Å². The van der Waals surface area contributed by atoms with Crippen molar-refractivity contribution in [3.05, 3.63) is 36.5 Å². The van der Waals surface area contributed by atoms with Gasteiger partial charge in [0.25, 0.3) is 0 Å². The predicted molar refractivity (Wildman–Crippen MR) is 56.7 cm³/mol. The molecule has 0 spiro atoms. The summed E-state index contributed by atoms with van der Waals surface area (Å²) in [7, 11) is 0. The third kappa shape index (κ3) is 2.87. The van der Waals surface area contributed by atoms with Crippen LogP contribution in [0.4, 0.5) is 0 Å². The molecule has 0 aliphatic heterocycles. The summed E-state index contributed by atoms with van der Waals surface area (Å²) < 4.78 is 0. The zero-order valence-electron chi connectivity index (χ0n) is 8.01. The van der Waals surface area contributed by atoms with E-state index in [9.17, 15) is 0 Å². The molecule has 0 fully saturated rings. The van der Waals surface area contributed by atoms with Gasteiger partial charge in [0.1, 0.15) is 0 Å². The van der Waals surface area contributed by atoms with Crippen LogP contribution in [0, 0.1) is 0 Å². The molecule has 12 heavy (non-hydrogen) atoms. The molecule has 0 aliphatic carbocycles. The molecule has 0 bridgehead atoms. The van der Waals surface area contributed by atoms with Gasteiger partial charge in [-0.2, -0.15) is 0 Å². The summed E-state index contributed by atoms with van der Waals surface area (Å²) in [6.07, 6.45) is 4.86. The molecule has 0 aromatic carbocycles. The first-order valence-corrected chi connectivity index (χ1v) is 4.14. The summed E-state index contributed by atoms with van der Waals surface area (Å²) in [5.74, 6) is 0. The molecule has 0 amide bonds. The molecule has 0 radical (unpaired) electrons. The van der Waals surface area contributed by atoms with E-state index in [4.69, 9.17) is 0 Å². The van der Waals surface area contributed by atoms with Gasteiger partial charge < -0.3 is 0 Å². The molecule has 0 aromatic heterocycles. The van der Waals surface area contributed by atoms with Crippen molar-refractivity contribution in [2.75, 3.05) is 0 Å². The van der Waals surface area contributed by atoms with Gasteiger partial charge in [-0.3, -0.25) is 4.99 Å². The third-order valence-corrected chi connectivity index (χ3v) is 1.77. The Bertz CT molecular complexity index is 211. The van der Waals surface area contributed by atoms with Crippen molar-refractivity contribution in [2.45, 2.75) is 26.3 Å². The van der Waals surface area contributed by atoms with Gasteiger partial charge in [-0.1, -0.05) is 32.2 Å². The van der Waals surface area contributed by atoms with Crippen molar-refractivity contribution < 1.29 is 0 Å². The average molecular weight is 163 g/mol. The minimum absolute atomic E-state index is 0.121. The standard InChI is InChI=1S/C11H17N/c1-6-8-11(9(3)7-2)10(4)12-5/h7-8,10H,2-3,5-6H2,1,4H3/b11-8-/t10-/m0/s1. The van der Waals surface area contributed by atoms with Crippen LogP contribution in [0.15, 0.2) is 41.4 Å². The van der Waals surface area contributed by atoms with E-state index in [1.54, 1.807) is 6.08 Å². The van der Waals surface area contributed by atoms with Crippen LogP contribution in [0.25, 0.3) is 0 Å². The predicted octanol–water partition coefficient (Wildman–Crippen LogP) is 3.15. The van der Waals surface area contributed by atoms with Crippen LogP contribution in [-0.4, -0.2) is 12.8 Å². The van der Waals surface area contributed by atoms with Gasteiger partial charge in [0, 0.05) is 0 Å². The Morgan fingerprint density at radius 1 is 1.58 bits per heavy atom. The topological polar surface area (TPSA) is 12.4 Å². The van der Waals surface area contributed by atoms with Crippen molar-refractivity contribution in [1.29, 1.82) is 0 Å². The number of allylic oxidation sites excluding steroid dienone is 2. The summed E-state index contributed by atoms with van der Waals surface area (Å²) in [4.78, 5) is 3.95. The minimum atomic E-state index is 0.121. The highest BCUT2D eigenvalue weighted by Gasteiger charge is 2.05. The van der Waals surface area contributed by atoms with Gasteiger partial charge in [0.2, 0.25) is 0 Å². The fourth-order valence-electron chi connectivity index (χ4n) is 1.01. The van der Waals surface area contributed by atoms with Crippen molar-refractivity contribution in [1.82, 2.24) is 0 Å². The molecule has 1 atom stereocenters. The Kier molecular flexibility index (Phi) is 5.02. The van der Waals surface area contributed by atoms with E-state index in [-0.39, 0.29) is 6.04 Å². The lowest BCUT2D eigenvalue weighted by Crippen LogP contribution is -2.03. The van der Waals surface area contributed by atoms with E-state index >= 15 is 0 Å². The van der Waals surface area contributed by atoms with Gasteiger partial charge in [0.05, 0.1) is 6.04 Å². The fraction of sp³-hybridized carbons (Fsp3) is 0.364. The highest BCUT2D eigenvalue weighted by Crippen LogP contribution is 2.16. The van der Waals surface area contributed by atoms with E-state index in [0.717, 1.165) is 17.6 Å². The fourth-order valence-corrected chi connectivity index (χ4v) is 1.01. The summed E-state index contributed by atoms with van der Waals surface area (Å²) in [5, 5.41) is 0. The molecule has 0 saturated carbocycles. The first kappa shape index (κ1) is 10.9. The summed E-state index contributed by atoms with van der Waals surface area (Å²) in [6, 6.07) is 0.121. The van der Waals surface area contributed by atoms with Crippen LogP contribution in [-0.2, 0) is 0 Å². The molecule has 66 valence electrons. The number of hydrogen-bond acceptors (Lipinski definition) is 1. The van der Waals surface area contributed by atoms with Crippen LogP contribution in [0.3, 0.4) is 0 Å². The second-order valence-electron chi connectivity index (χ2n) is 2.66. The van der Waals surface area contributed by atoms with Gasteiger partial charge >= 0.3 is 0 Å². The first-order chi connectivity index (χ1) is 5.67. The van der Waals surface area contributed by atoms with Crippen LogP contribution in [0.5, 0.6) is 0 Å². The molecule has 0 saturated heterocycles. The SMILES string of the molecule is C=CC(=C)/C(=C/CC)[C@H](C)N=C. The molecule has 1 heteroatoms. The highest BCUT2D eigenvalue weighted by atomic mass is 14.7. The maximum absolute atomic E-state index is 3.95. The minimum Gasteiger partial charge on any atom is -0.293 e. The van der Waals surface area contributed by atoms with Gasteiger partial charge in [-0.05, 0) is 31.2 Å². The highest BCUT2D eigenvalue weighted by molar-refractivity contribution is 5.41. The van der Waals surface area contributed by atoms with Crippen LogP contribution in [0.1, 0.15) is 20.3 Å². The normalized spacial score (nSPS) is 13.7. The van der Waals surface area contributed by atoms with Crippen molar-refractivity contribution >= 4 is 6.72 Å². The van der Waals surface area contributed by atoms with Crippen molar-refractivity contribution in [2.24, 2.45) is 4.99 Å². The largest absolute Gasteiger partial charge is 0.293 e. The lowest BCUT2D eigenvalue weighted by atomic mass is 10.0. The van der Waals surface area contributed by atoms with Gasteiger partial charge in [0.15, 0.2) is 0 Å². The second-order valence-corrected chi connectivity index (χ2v) is 2.66. The summed E-state index contributed by atoms with van der Waals surface area (Å²) >= 11 is 0. The van der Waals surface area contributed by atoms with E-state index in [1.807, 2.05) is 6.92 Å². The molecule has 0 aromatic rings. The first-order valence-electron chi connectivity index (χ1n) is 4.14. The average Bonchev–Trinajstić information content (AvgIpc) is 2.11. The summed E-state index contributed by atoms with van der Waals surface area (Å²) in [5.41, 5.74) is 2.07. The van der Waals surface area contributed by atoms with E-state index in [0.29, 0.717) is 0 Å². The van der Waals surface area contributed by atoms with Crippen molar-refractivity contribution in [3.63, 3.8) is 0 Å². The molecular weight excluding hydrogens is 146 g/mol. The van der Waals surface area contributed by atoms with E-state index < -0.39 is 0 Å². The molecule has 0 rings (SSSR count). The Balaban J connectivity index is 4.65. The monoisotopic (exact) mass is 163 g/mol. The number of nitrogens with zero attached hydrogens (tertiary/aromatic N) is 1. The Hall–Kier alpha value is -1.11. The zero-order valence-corrected chi connectivity index (χ0v) is 8.01. The van der Waals surface area contributed by atoms with Crippen molar-refractivity contribution in [3.8, 4) is 0 Å². The molecule has 0 N–H and O–H groups in total. The lowest BCUT2D eigenvalue weighted by Gasteiger charge is -2.11. The Morgan fingerprint density at radius 3 is 2.50 bits per heavy atom. The van der Waals surface area contributed by atoms with Gasteiger partial charge in [-0.25, -0.2) is 0 Å². The molecule has 0 heterocycles. The number of rotatable bonds is 5. The van der Waals surface area contributed by atoms with E-state index in [2.05, 4.69) is 37.9 Å². The summed E-state index contributed by atoms with van der Waals surface area (Å²) in [6.45, 7) is 15.2. The molecular formula is C11H17N. The Labute approximate surface area is 75.2 Å². The lowest BCUT2D eigenvalue weighted by molar-refractivity contribution is 0.877. The number of aliphatic imine (C=N–C) groups is 1.